The van der Waals surface area contributed by atoms with Gasteiger partial charge in [0.15, 0.2) is 0 Å². The molecular weight excluding hydrogens is 481 g/mol. The van der Waals surface area contributed by atoms with E-state index in [1.165, 1.54) is 24.3 Å². The van der Waals surface area contributed by atoms with Crippen LogP contribution in [0.25, 0.3) is 0 Å². The van der Waals surface area contributed by atoms with E-state index in [-0.39, 0.29) is 21.8 Å². The number of alkyl halides is 3. The lowest BCUT2D eigenvalue weighted by Crippen LogP contribution is -2.37. The molecule has 0 saturated heterocycles. The van der Waals surface area contributed by atoms with Crippen molar-refractivity contribution in [2.45, 2.75) is 43.9 Å². The SMILES string of the molecule is CC(Nc1cc(C(F)(F)F)ccc1N(C(C)C)S(=O)(=O)c1ccccc1)c1ccc(C(=O)O)cc1. The van der Waals surface area contributed by atoms with Gasteiger partial charge in [-0.3, -0.25) is 4.31 Å². The topological polar surface area (TPSA) is 86.7 Å². The summed E-state index contributed by atoms with van der Waals surface area (Å²) in [7, 11) is -4.09. The Hall–Kier alpha value is -3.53. The fourth-order valence-corrected chi connectivity index (χ4v) is 5.34. The van der Waals surface area contributed by atoms with Crippen molar-refractivity contribution in [1.29, 1.82) is 0 Å². The van der Waals surface area contributed by atoms with Crippen LogP contribution in [0.4, 0.5) is 24.5 Å². The molecule has 1 unspecified atom stereocenters. The molecule has 0 radical (unpaired) electrons. The molecule has 3 aromatic carbocycles. The van der Waals surface area contributed by atoms with Crippen LogP contribution < -0.4 is 9.62 Å². The molecule has 0 amide bonds. The lowest BCUT2D eigenvalue weighted by Gasteiger charge is -2.31. The molecule has 0 saturated carbocycles. The van der Waals surface area contributed by atoms with Crippen LogP contribution in [0.3, 0.4) is 0 Å². The fraction of sp³-hybridized carbons (Fsp3) is 0.240. The fourth-order valence-electron chi connectivity index (χ4n) is 3.64. The highest BCUT2D eigenvalue weighted by atomic mass is 32.2. The lowest BCUT2D eigenvalue weighted by molar-refractivity contribution is -0.137. The first-order valence-electron chi connectivity index (χ1n) is 10.7. The largest absolute Gasteiger partial charge is 0.478 e. The minimum Gasteiger partial charge on any atom is -0.478 e. The first-order valence-corrected chi connectivity index (χ1v) is 12.2. The highest BCUT2D eigenvalue weighted by Crippen LogP contribution is 2.39. The van der Waals surface area contributed by atoms with Crippen LogP contribution in [0.5, 0.6) is 0 Å². The highest BCUT2D eigenvalue weighted by Gasteiger charge is 2.34. The Balaban J connectivity index is 2.11. The van der Waals surface area contributed by atoms with Gasteiger partial charge in [0.25, 0.3) is 10.0 Å². The zero-order chi connectivity index (χ0) is 26.0. The van der Waals surface area contributed by atoms with E-state index in [1.54, 1.807) is 51.1 Å². The molecule has 3 rings (SSSR count). The second-order valence-electron chi connectivity index (χ2n) is 8.23. The third-order valence-corrected chi connectivity index (χ3v) is 7.36. The minimum atomic E-state index is -4.64. The Morgan fingerprint density at radius 2 is 1.54 bits per heavy atom. The predicted octanol–water partition coefficient (Wildman–Crippen LogP) is 6.18. The third-order valence-electron chi connectivity index (χ3n) is 5.36. The normalized spacial score (nSPS) is 12.9. The van der Waals surface area contributed by atoms with E-state index in [4.69, 9.17) is 5.11 Å². The smallest absolute Gasteiger partial charge is 0.416 e. The van der Waals surface area contributed by atoms with E-state index in [9.17, 15) is 26.4 Å². The first-order chi connectivity index (χ1) is 16.3. The van der Waals surface area contributed by atoms with Gasteiger partial charge in [0.2, 0.25) is 0 Å². The zero-order valence-electron chi connectivity index (χ0n) is 19.2. The molecule has 1 atom stereocenters. The summed E-state index contributed by atoms with van der Waals surface area (Å²) in [5.41, 5.74) is -0.215. The van der Waals surface area contributed by atoms with Crippen molar-refractivity contribution in [2.75, 3.05) is 9.62 Å². The molecule has 10 heteroatoms. The van der Waals surface area contributed by atoms with E-state index in [1.807, 2.05) is 0 Å². The maximum absolute atomic E-state index is 13.5. The van der Waals surface area contributed by atoms with Gasteiger partial charge in [-0.2, -0.15) is 13.2 Å². The summed E-state index contributed by atoms with van der Waals surface area (Å²) in [6.07, 6.45) is -4.64. The van der Waals surface area contributed by atoms with Gasteiger partial charge in [-0.05, 0) is 68.8 Å². The van der Waals surface area contributed by atoms with Crippen LogP contribution in [-0.2, 0) is 16.2 Å². The number of hydrogen-bond acceptors (Lipinski definition) is 4. The maximum Gasteiger partial charge on any atom is 0.416 e. The van der Waals surface area contributed by atoms with Crippen LogP contribution in [0.1, 0.15) is 48.3 Å². The van der Waals surface area contributed by atoms with Gasteiger partial charge in [0, 0.05) is 12.1 Å². The zero-order valence-corrected chi connectivity index (χ0v) is 20.1. The number of carboxylic acid groups (broad SMARTS) is 1. The summed E-state index contributed by atoms with van der Waals surface area (Å²) >= 11 is 0. The number of nitrogens with zero attached hydrogens (tertiary/aromatic N) is 1. The second-order valence-corrected chi connectivity index (χ2v) is 10.0. The van der Waals surface area contributed by atoms with E-state index in [0.29, 0.717) is 5.56 Å². The van der Waals surface area contributed by atoms with Crippen molar-refractivity contribution >= 4 is 27.4 Å². The van der Waals surface area contributed by atoms with Crippen molar-refractivity contribution in [1.82, 2.24) is 0 Å². The molecular formula is C25H25F3N2O4S. The Morgan fingerprint density at radius 1 is 0.943 bits per heavy atom. The van der Waals surface area contributed by atoms with Crippen molar-refractivity contribution in [3.63, 3.8) is 0 Å². The minimum absolute atomic E-state index is 0.0110. The van der Waals surface area contributed by atoms with E-state index >= 15 is 0 Å². The van der Waals surface area contributed by atoms with Gasteiger partial charge in [-0.1, -0.05) is 30.3 Å². The summed E-state index contributed by atoms with van der Waals surface area (Å²) in [5, 5.41) is 12.1. The van der Waals surface area contributed by atoms with E-state index in [0.717, 1.165) is 22.5 Å². The van der Waals surface area contributed by atoms with Crippen molar-refractivity contribution < 1.29 is 31.5 Å². The highest BCUT2D eigenvalue weighted by molar-refractivity contribution is 7.92. The number of rotatable bonds is 8. The van der Waals surface area contributed by atoms with Crippen molar-refractivity contribution in [2.24, 2.45) is 0 Å². The van der Waals surface area contributed by atoms with Crippen LogP contribution in [0.15, 0.2) is 77.7 Å². The molecule has 0 aliphatic carbocycles. The number of halogens is 3. The van der Waals surface area contributed by atoms with Crippen LogP contribution in [0.2, 0.25) is 0 Å². The summed E-state index contributed by atoms with van der Waals surface area (Å²) in [4.78, 5) is 11.1. The van der Waals surface area contributed by atoms with E-state index in [2.05, 4.69) is 5.32 Å². The molecule has 0 aliphatic rings. The number of carboxylic acids is 1. The monoisotopic (exact) mass is 506 g/mol. The Labute approximate surface area is 202 Å². The standard InChI is InChI=1S/C25H25F3N2O4S/c1-16(2)30(35(33,34)21-7-5-4-6-8-21)23-14-13-20(25(26,27)28)15-22(23)29-17(3)18-9-11-19(12-10-18)24(31)32/h4-17,29H,1-3H3,(H,31,32). The van der Waals surface area contributed by atoms with Crippen LogP contribution in [-0.4, -0.2) is 25.5 Å². The number of anilines is 2. The molecule has 35 heavy (non-hydrogen) atoms. The van der Waals surface area contributed by atoms with Gasteiger partial charge in [0.1, 0.15) is 0 Å². The average Bonchev–Trinajstić information content (AvgIpc) is 2.79. The third kappa shape index (κ3) is 5.76. The number of benzene rings is 3. The molecule has 0 bridgehead atoms. The first kappa shape index (κ1) is 26.1. The molecule has 3 aromatic rings. The number of nitrogens with one attached hydrogen (secondary N) is 1. The molecule has 0 fully saturated rings. The Morgan fingerprint density at radius 3 is 2.06 bits per heavy atom. The molecule has 0 aliphatic heterocycles. The predicted molar refractivity (Wildman–Crippen MR) is 128 cm³/mol. The summed E-state index contributed by atoms with van der Waals surface area (Å²) in [5.74, 6) is -1.10. The Bertz CT molecular complexity index is 1290. The van der Waals surface area contributed by atoms with Gasteiger partial charge >= 0.3 is 12.1 Å². The summed E-state index contributed by atoms with van der Waals surface area (Å²) in [6, 6.07) is 15.2. The number of carbonyl (C=O) groups is 1. The molecule has 0 spiro atoms. The number of sulfonamides is 1. The number of aromatic carboxylic acids is 1. The molecule has 2 N–H and O–H groups in total. The van der Waals surface area contributed by atoms with Crippen molar-refractivity contribution in [3.8, 4) is 0 Å². The maximum atomic E-state index is 13.5. The molecule has 0 aromatic heterocycles. The van der Waals surface area contributed by atoms with Crippen LogP contribution >= 0.6 is 0 Å². The van der Waals surface area contributed by atoms with Crippen LogP contribution in [0, 0.1) is 0 Å². The second kappa shape index (κ2) is 9.99. The average molecular weight is 507 g/mol. The van der Waals surface area contributed by atoms with Gasteiger partial charge < -0.3 is 10.4 Å². The molecule has 0 heterocycles. The summed E-state index contributed by atoms with van der Waals surface area (Å²) in [6.45, 7) is 4.96. The van der Waals surface area contributed by atoms with Crippen molar-refractivity contribution in [3.05, 3.63) is 89.5 Å². The van der Waals surface area contributed by atoms with E-state index < -0.39 is 39.8 Å². The quantitative estimate of drug-likeness (QED) is 0.381. The van der Waals surface area contributed by atoms with Gasteiger partial charge in [-0.25, -0.2) is 13.2 Å². The Kier molecular flexibility index (Phi) is 7.44. The summed E-state index contributed by atoms with van der Waals surface area (Å²) < 4.78 is 68.6. The lowest BCUT2D eigenvalue weighted by atomic mass is 10.0. The molecule has 186 valence electrons. The van der Waals surface area contributed by atoms with Gasteiger partial charge in [0.05, 0.1) is 27.4 Å². The molecule has 6 nitrogen and oxygen atoms in total. The number of hydrogen-bond donors (Lipinski definition) is 2. The van der Waals surface area contributed by atoms with Gasteiger partial charge in [-0.15, -0.1) is 0 Å².